The molecule has 0 aliphatic rings. The summed E-state index contributed by atoms with van der Waals surface area (Å²) in [5.74, 6) is 0.0386. The average molecular weight is 274 g/mol. The lowest BCUT2D eigenvalue weighted by atomic mass is 10.2. The maximum atomic E-state index is 11.1. The Morgan fingerprint density at radius 1 is 1.26 bits per heavy atom. The quantitative estimate of drug-likeness (QED) is 0.439. The molecule has 0 fully saturated rings. The standard InChI is InChI=1S/C14H30N2O3/c1-3-5-6-7-10-19-12-13(17)11-15-9-8-14(18)16-4-2/h13,15,17H,3-12H2,1-2H3,(H,16,18). The Hall–Kier alpha value is -0.650. The lowest BCUT2D eigenvalue weighted by Crippen LogP contribution is -2.33. The van der Waals surface area contributed by atoms with Crippen LogP contribution < -0.4 is 10.6 Å². The number of aliphatic hydroxyl groups is 1. The van der Waals surface area contributed by atoms with Crippen molar-refractivity contribution >= 4 is 5.91 Å². The van der Waals surface area contributed by atoms with E-state index in [0.717, 1.165) is 13.0 Å². The molecule has 19 heavy (non-hydrogen) atoms. The lowest BCUT2D eigenvalue weighted by Gasteiger charge is -2.12. The van der Waals surface area contributed by atoms with Gasteiger partial charge in [-0.15, -0.1) is 0 Å². The summed E-state index contributed by atoms with van der Waals surface area (Å²) in [4.78, 5) is 11.1. The number of unbranched alkanes of at least 4 members (excludes halogenated alkanes) is 3. The number of nitrogens with one attached hydrogen (secondary N) is 2. The van der Waals surface area contributed by atoms with Gasteiger partial charge in [0.25, 0.3) is 0 Å². The zero-order chi connectivity index (χ0) is 14.3. The molecule has 0 radical (unpaired) electrons. The molecule has 0 saturated carbocycles. The molecule has 1 unspecified atom stereocenters. The molecule has 0 rings (SSSR count). The van der Waals surface area contributed by atoms with E-state index in [0.29, 0.717) is 32.7 Å². The van der Waals surface area contributed by atoms with E-state index in [1.165, 1.54) is 19.3 Å². The molecule has 0 aliphatic carbocycles. The van der Waals surface area contributed by atoms with E-state index in [1.807, 2.05) is 6.92 Å². The Kier molecular flexibility index (Phi) is 13.3. The van der Waals surface area contributed by atoms with Crippen molar-refractivity contribution < 1.29 is 14.6 Å². The minimum absolute atomic E-state index is 0.0386. The molecule has 114 valence electrons. The Morgan fingerprint density at radius 2 is 2.05 bits per heavy atom. The first-order chi connectivity index (χ1) is 9.20. The van der Waals surface area contributed by atoms with Gasteiger partial charge < -0.3 is 20.5 Å². The van der Waals surface area contributed by atoms with Gasteiger partial charge in [-0.05, 0) is 13.3 Å². The largest absolute Gasteiger partial charge is 0.389 e. The van der Waals surface area contributed by atoms with Crippen LogP contribution in [0.3, 0.4) is 0 Å². The van der Waals surface area contributed by atoms with Gasteiger partial charge in [0.05, 0.1) is 12.7 Å². The van der Waals surface area contributed by atoms with E-state index in [9.17, 15) is 9.90 Å². The van der Waals surface area contributed by atoms with Gasteiger partial charge >= 0.3 is 0 Å². The minimum atomic E-state index is -0.500. The van der Waals surface area contributed by atoms with Crippen LogP contribution in [0.4, 0.5) is 0 Å². The zero-order valence-corrected chi connectivity index (χ0v) is 12.4. The molecule has 0 saturated heterocycles. The van der Waals surface area contributed by atoms with E-state index in [-0.39, 0.29) is 5.91 Å². The Bertz CT molecular complexity index is 213. The van der Waals surface area contributed by atoms with Crippen LogP contribution in [0.5, 0.6) is 0 Å². The monoisotopic (exact) mass is 274 g/mol. The van der Waals surface area contributed by atoms with E-state index in [4.69, 9.17) is 4.74 Å². The predicted molar refractivity (Wildman–Crippen MR) is 77.1 cm³/mol. The van der Waals surface area contributed by atoms with Crippen LogP contribution in [0.1, 0.15) is 46.0 Å². The van der Waals surface area contributed by atoms with Crippen molar-refractivity contribution in [2.24, 2.45) is 0 Å². The third kappa shape index (κ3) is 13.6. The summed E-state index contributed by atoms with van der Waals surface area (Å²) < 4.78 is 5.39. The minimum Gasteiger partial charge on any atom is -0.389 e. The van der Waals surface area contributed by atoms with Gasteiger partial charge in [-0.2, -0.15) is 0 Å². The number of rotatable bonds is 13. The van der Waals surface area contributed by atoms with Crippen molar-refractivity contribution in [2.75, 3.05) is 32.8 Å². The fourth-order valence-electron chi connectivity index (χ4n) is 1.67. The fraction of sp³-hybridized carbons (Fsp3) is 0.929. The first kappa shape index (κ1) is 18.4. The van der Waals surface area contributed by atoms with Gasteiger partial charge in [-0.25, -0.2) is 0 Å². The van der Waals surface area contributed by atoms with Crippen LogP contribution >= 0.6 is 0 Å². The summed E-state index contributed by atoms with van der Waals surface area (Å²) >= 11 is 0. The lowest BCUT2D eigenvalue weighted by molar-refractivity contribution is -0.120. The molecule has 3 N–H and O–H groups in total. The van der Waals surface area contributed by atoms with Gasteiger partial charge in [0, 0.05) is 32.7 Å². The number of amides is 1. The van der Waals surface area contributed by atoms with Crippen LogP contribution in [-0.4, -0.2) is 50.0 Å². The molecule has 0 aromatic carbocycles. The third-order valence-electron chi connectivity index (χ3n) is 2.74. The molecule has 0 aliphatic heterocycles. The van der Waals surface area contributed by atoms with Crippen LogP contribution in [0.25, 0.3) is 0 Å². The van der Waals surface area contributed by atoms with Gasteiger partial charge in [-0.1, -0.05) is 26.2 Å². The smallest absolute Gasteiger partial charge is 0.221 e. The van der Waals surface area contributed by atoms with Crippen molar-refractivity contribution in [2.45, 2.75) is 52.1 Å². The molecule has 1 amide bonds. The molecular weight excluding hydrogens is 244 g/mol. The summed E-state index contributed by atoms with van der Waals surface area (Å²) in [6, 6.07) is 0. The van der Waals surface area contributed by atoms with Crippen molar-refractivity contribution in [1.82, 2.24) is 10.6 Å². The fourth-order valence-corrected chi connectivity index (χ4v) is 1.67. The number of carbonyl (C=O) groups is 1. The second kappa shape index (κ2) is 13.8. The maximum Gasteiger partial charge on any atom is 0.221 e. The second-order valence-corrected chi connectivity index (χ2v) is 4.70. The van der Waals surface area contributed by atoms with Gasteiger partial charge in [0.2, 0.25) is 5.91 Å². The summed E-state index contributed by atoms with van der Waals surface area (Å²) in [6.07, 6.45) is 4.66. The second-order valence-electron chi connectivity index (χ2n) is 4.70. The molecule has 0 aromatic heterocycles. The highest BCUT2D eigenvalue weighted by Crippen LogP contribution is 1.99. The SMILES string of the molecule is CCCCCCOCC(O)CNCCC(=O)NCC. The van der Waals surface area contributed by atoms with Crippen LogP contribution in [0.15, 0.2) is 0 Å². The van der Waals surface area contributed by atoms with Crippen molar-refractivity contribution in [3.05, 3.63) is 0 Å². The molecule has 0 bridgehead atoms. The van der Waals surface area contributed by atoms with Crippen LogP contribution in [-0.2, 0) is 9.53 Å². The average Bonchev–Trinajstić information content (AvgIpc) is 2.39. The van der Waals surface area contributed by atoms with Crippen molar-refractivity contribution in [1.29, 1.82) is 0 Å². The maximum absolute atomic E-state index is 11.1. The number of ether oxygens (including phenoxy) is 1. The van der Waals surface area contributed by atoms with E-state index in [1.54, 1.807) is 0 Å². The van der Waals surface area contributed by atoms with E-state index < -0.39 is 6.10 Å². The number of hydrogen-bond donors (Lipinski definition) is 3. The zero-order valence-electron chi connectivity index (χ0n) is 12.4. The Morgan fingerprint density at radius 3 is 2.74 bits per heavy atom. The topological polar surface area (TPSA) is 70.6 Å². The highest BCUT2D eigenvalue weighted by molar-refractivity contribution is 5.75. The van der Waals surface area contributed by atoms with Crippen molar-refractivity contribution in [3.8, 4) is 0 Å². The molecule has 5 heteroatoms. The van der Waals surface area contributed by atoms with E-state index >= 15 is 0 Å². The first-order valence-electron chi connectivity index (χ1n) is 7.43. The van der Waals surface area contributed by atoms with Crippen LogP contribution in [0, 0.1) is 0 Å². The molecular formula is C14H30N2O3. The molecule has 0 aromatic rings. The Labute approximate surface area is 117 Å². The van der Waals surface area contributed by atoms with E-state index in [2.05, 4.69) is 17.6 Å². The Balaban J connectivity index is 3.25. The third-order valence-corrected chi connectivity index (χ3v) is 2.74. The number of aliphatic hydroxyl groups excluding tert-OH is 1. The molecule has 5 nitrogen and oxygen atoms in total. The molecule has 0 spiro atoms. The summed E-state index contributed by atoms with van der Waals surface area (Å²) in [5, 5.41) is 15.4. The van der Waals surface area contributed by atoms with Gasteiger partial charge in [0.1, 0.15) is 0 Å². The highest BCUT2D eigenvalue weighted by Gasteiger charge is 2.04. The molecule has 0 heterocycles. The molecule has 1 atom stereocenters. The van der Waals surface area contributed by atoms with Crippen molar-refractivity contribution in [3.63, 3.8) is 0 Å². The summed E-state index contributed by atoms with van der Waals surface area (Å²) in [6.45, 7) is 6.86. The number of carbonyl (C=O) groups excluding carboxylic acids is 1. The highest BCUT2D eigenvalue weighted by atomic mass is 16.5. The normalized spacial score (nSPS) is 12.4. The van der Waals surface area contributed by atoms with Gasteiger partial charge in [-0.3, -0.25) is 4.79 Å². The van der Waals surface area contributed by atoms with Crippen LogP contribution in [0.2, 0.25) is 0 Å². The summed E-state index contributed by atoms with van der Waals surface area (Å²) in [5.41, 5.74) is 0. The first-order valence-corrected chi connectivity index (χ1v) is 7.43. The number of hydrogen-bond acceptors (Lipinski definition) is 4. The summed E-state index contributed by atoms with van der Waals surface area (Å²) in [7, 11) is 0. The van der Waals surface area contributed by atoms with Gasteiger partial charge in [0.15, 0.2) is 0 Å². The predicted octanol–water partition coefficient (Wildman–Crippen LogP) is 1.06.